The molecule has 0 spiro atoms. The molecule has 1 N–H and O–H groups in total. The van der Waals surface area contributed by atoms with Crippen molar-refractivity contribution in [1.29, 1.82) is 0 Å². The van der Waals surface area contributed by atoms with Crippen LogP contribution in [0.3, 0.4) is 0 Å². The third-order valence-corrected chi connectivity index (χ3v) is 5.24. The zero-order chi connectivity index (χ0) is 19.3. The van der Waals surface area contributed by atoms with Crippen molar-refractivity contribution >= 4 is 15.7 Å². The maximum Gasteiger partial charge on any atom is 0.261 e. The summed E-state index contributed by atoms with van der Waals surface area (Å²) < 4.78 is 28.8. The monoisotopic (exact) mass is 375 g/mol. The molecule has 140 valence electrons. The van der Waals surface area contributed by atoms with E-state index in [1.807, 2.05) is 38.1 Å². The first-order valence-electron chi connectivity index (χ1n) is 8.54. The van der Waals surface area contributed by atoms with E-state index in [0.717, 1.165) is 11.1 Å². The number of amides is 1. The van der Waals surface area contributed by atoms with Crippen molar-refractivity contribution in [2.24, 2.45) is 0 Å². The molecule has 2 rings (SSSR count). The lowest BCUT2D eigenvalue weighted by Gasteiger charge is -2.21. The van der Waals surface area contributed by atoms with Crippen LogP contribution in [0.4, 0.5) is 0 Å². The number of sulfone groups is 1. The van der Waals surface area contributed by atoms with Crippen molar-refractivity contribution in [2.45, 2.75) is 44.2 Å². The average Bonchev–Trinajstić information content (AvgIpc) is 2.58. The van der Waals surface area contributed by atoms with E-state index in [2.05, 4.69) is 5.32 Å². The molecule has 0 saturated carbocycles. The first-order chi connectivity index (χ1) is 12.2. The standard InChI is InChI=1S/C20H25NO4S/c1-5-19(16-9-11-18(12-10-16)26(4,23)24)21-20(22)15(3)25-17-8-6-7-14(2)13-17/h6-13,15,19H,5H2,1-4H3,(H,21,22)/t15-,19-/m1/s1. The predicted octanol–water partition coefficient (Wildman–Crippen LogP) is 3.43. The Bertz CT molecular complexity index is 860. The van der Waals surface area contributed by atoms with Crippen LogP contribution in [0.25, 0.3) is 0 Å². The number of hydrogen-bond acceptors (Lipinski definition) is 4. The highest BCUT2D eigenvalue weighted by Crippen LogP contribution is 2.20. The van der Waals surface area contributed by atoms with Gasteiger partial charge in [-0.15, -0.1) is 0 Å². The SMILES string of the molecule is CC[C@@H](NC(=O)[C@@H](C)Oc1cccc(C)c1)c1ccc(S(C)(=O)=O)cc1. The molecule has 2 aromatic carbocycles. The van der Waals surface area contributed by atoms with Gasteiger partial charge in [0.1, 0.15) is 5.75 Å². The van der Waals surface area contributed by atoms with E-state index in [1.54, 1.807) is 31.2 Å². The fourth-order valence-corrected chi connectivity index (χ4v) is 3.23. The summed E-state index contributed by atoms with van der Waals surface area (Å²) in [5, 5.41) is 2.96. The van der Waals surface area contributed by atoms with Crippen LogP contribution in [0.2, 0.25) is 0 Å². The van der Waals surface area contributed by atoms with Crippen molar-refractivity contribution in [1.82, 2.24) is 5.32 Å². The number of carbonyl (C=O) groups is 1. The lowest BCUT2D eigenvalue weighted by atomic mass is 10.0. The van der Waals surface area contributed by atoms with E-state index < -0.39 is 15.9 Å². The maximum atomic E-state index is 12.5. The highest BCUT2D eigenvalue weighted by atomic mass is 32.2. The highest BCUT2D eigenvalue weighted by Gasteiger charge is 2.20. The minimum atomic E-state index is -3.23. The molecule has 2 aromatic rings. The summed E-state index contributed by atoms with van der Waals surface area (Å²) in [6.07, 6.45) is 1.22. The van der Waals surface area contributed by atoms with Crippen molar-refractivity contribution in [2.75, 3.05) is 6.26 Å². The Hall–Kier alpha value is -2.34. The molecular weight excluding hydrogens is 350 g/mol. The van der Waals surface area contributed by atoms with Gasteiger partial charge in [0.15, 0.2) is 15.9 Å². The number of aryl methyl sites for hydroxylation is 1. The topological polar surface area (TPSA) is 72.5 Å². The van der Waals surface area contributed by atoms with E-state index in [4.69, 9.17) is 4.74 Å². The minimum Gasteiger partial charge on any atom is -0.481 e. The van der Waals surface area contributed by atoms with Gasteiger partial charge in [0.25, 0.3) is 5.91 Å². The van der Waals surface area contributed by atoms with Gasteiger partial charge in [0.2, 0.25) is 0 Å². The van der Waals surface area contributed by atoms with Crippen LogP contribution in [0.15, 0.2) is 53.4 Å². The van der Waals surface area contributed by atoms with Crippen molar-refractivity contribution in [3.8, 4) is 5.75 Å². The summed E-state index contributed by atoms with van der Waals surface area (Å²) >= 11 is 0. The largest absolute Gasteiger partial charge is 0.481 e. The second-order valence-electron chi connectivity index (χ2n) is 6.39. The summed E-state index contributed by atoms with van der Waals surface area (Å²) in [6, 6.07) is 13.9. The molecule has 0 fully saturated rings. The van der Waals surface area contributed by atoms with Gasteiger partial charge in [-0.2, -0.15) is 0 Å². The lowest BCUT2D eigenvalue weighted by molar-refractivity contribution is -0.128. The Morgan fingerprint density at radius 2 is 1.81 bits per heavy atom. The molecule has 26 heavy (non-hydrogen) atoms. The lowest BCUT2D eigenvalue weighted by Crippen LogP contribution is -2.38. The zero-order valence-corrected chi connectivity index (χ0v) is 16.3. The summed E-state index contributed by atoms with van der Waals surface area (Å²) in [6.45, 7) is 5.63. The van der Waals surface area contributed by atoms with Crippen molar-refractivity contribution < 1.29 is 17.9 Å². The minimum absolute atomic E-state index is 0.209. The molecule has 1 amide bonds. The molecule has 0 aliphatic carbocycles. The third kappa shape index (κ3) is 5.33. The number of carbonyl (C=O) groups excluding carboxylic acids is 1. The van der Waals surface area contributed by atoms with Gasteiger partial charge in [0.05, 0.1) is 10.9 Å². The Morgan fingerprint density at radius 1 is 1.15 bits per heavy atom. The number of benzene rings is 2. The average molecular weight is 375 g/mol. The van der Waals surface area contributed by atoms with Crippen LogP contribution >= 0.6 is 0 Å². The van der Waals surface area contributed by atoms with Crippen LogP contribution in [0, 0.1) is 6.92 Å². The molecule has 0 radical (unpaired) electrons. The summed E-state index contributed by atoms with van der Waals surface area (Å²) in [5.41, 5.74) is 1.92. The molecule has 0 unspecified atom stereocenters. The van der Waals surface area contributed by atoms with Crippen LogP contribution < -0.4 is 10.1 Å². The quantitative estimate of drug-likeness (QED) is 0.805. The second kappa shape index (κ2) is 8.36. The number of hydrogen-bond donors (Lipinski definition) is 1. The Morgan fingerprint density at radius 3 is 2.35 bits per heavy atom. The number of nitrogens with one attached hydrogen (secondary N) is 1. The summed E-state index contributed by atoms with van der Waals surface area (Å²) in [4.78, 5) is 12.7. The third-order valence-electron chi connectivity index (χ3n) is 4.11. The van der Waals surface area contributed by atoms with Gasteiger partial charge in [-0.25, -0.2) is 8.42 Å². The van der Waals surface area contributed by atoms with Gasteiger partial charge >= 0.3 is 0 Å². The normalized spacial score (nSPS) is 13.7. The van der Waals surface area contributed by atoms with E-state index in [9.17, 15) is 13.2 Å². The molecular formula is C20H25NO4S. The summed E-state index contributed by atoms with van der Waals surface area (Å²) in [7, 11) is -3.23. The van der Waals surface area contributed by atoms with Crippen LogP contribution in [-0.2, 0) is 14.6 Å². The molecule has 0 bridgehead atoms. The van der Waals surface area contributed by atoms with Gasteiger partial charge < -0.3 is 10.1 Å². The maximum absolute atomic E-state index is 12.5. The fraction of sp³-hybridized carbons (Fsp3) is 0.350. The Labute approximate surface area is 155 Å². The van der Waals surface area contributed by atoms with Gasteiger partial charge in [-0.1, -0.05) is 31.2 Å². The number of ether oxygens (including phenoxy) is 1. The highest BCUT2D eigenvalue weighted by molar-refractivity contribution is 7.90. The fourth-order valence-electron chi connectivity index (χ4n) is 2.60. The zero-order valence-electron chi connectivity index (χ0n) is 15.5. The smallest absolute Gasteiger partial charge is 0.261 e. The molecule has 5 nitrogen and oxygen atoms in total. The van der Waals surface area contributed by atoms with E-state index in [0.29, 0.717) is 12.2 Å². The molecule has 0 aliphatic heterocycles. The van der Waals surface area contributed by atoms with Gasteiger partial charge in [0, 0.05) is 6.26 Å². The Balaban J connectivity index is 2.05. The summed E-state index contributed by atoms with van der Waals surface area (Å²) in [5.74, 6) is 0.434. The van der Waals surface area contributed by atoms with Crippen molar-refractivity contribution in [3.05, 3.63) is 59.7 Å². The van der Waals surface area contributed by atoms with Gasteiger partial charge in [-0.3, -0.25) is 4.79 Å². The van der Waals surface area contributed by atoms with E-state index in [1.165, 1.54) is 6.26 Å². The van der Waals surface area contributed by atoms with E-state index >= 15 is 0 Å². The molecule has 2 atom stereocenters. The molecule has 0 heterocycles. The first kappa shape index (κ1) is 20.0. The van der Waals surface area contributed by atoms with E-state index in [-0.39, 0.29) is 16.8 Å². The Kier molecular flexibility index (Phi) is 6.42. The molecule has 6 heteroatoms. The number of rotatable bonds is 7. The molecule has 0 aromatic heterocycles. The van der Waals surface area contributed by atoms with Crippen LogP contribution in [0.5, 0.6) is 5.75 Å². The first-order valence-corrected chi connectivity index (χ1v) is 10.4. The van der Waals surface area contributed by atoms with Crippen LogP contribution in [-0.4, -0.2) is 26.7 Å². The van der Waals surface area contributed by atoms with Crippen molar-refractivity contribution in [3.63, 3.8) is 0 Å². The predicted molar refractivity (Wildman–Crippen MR) is 102 cm³/mol. The van der Waals surface area contributed by atoms with Crippen LogP contribution in [0.1, 0.15) is 37.4 Å². The molecule has 0 aliphatic rings. The van der Waals surface area contributed by atoms with Gasteiger partial charge in [-0.05, 0) is 55.7 Å². The molecule has 0 saturated heterocycles. The second-order valence-corrected chi connectivity index (χ2v) is 8.40.